The predicted octanol–water partition coefficient (Wildman–Crippen LogP) is 5.30. The van der Waals surface area contributed by atoms with Crippen LogP contribution in [0.1, 0.15) is 64.3 Å². The summed E-state index contributed by atoms with van der Waals surface area (Å²) in [5, 5.41) is 27.3. The molecule has 4 aromatic rings. The summed E-state index contributed by atoms with van der Waals surface area (Å²) in [5.74, 6) is 1.15. The molecule has 2 fully saturated rings. The number of aromatic amines is 1. The maximum atomic E-state index is 12.8. The van der Waals surface area contributed by atoms with Crippen molar-refractivity contribution in [2.24, 2.45) is 7.05 Å². The Balaban J connectivity index is 0.000000211. The molecule has 2 aliphatic heterocycles. The quantitative estimate of drug-likeness (QED) is 0.244. The third kappa shape index (κ3) is 13.4. The Morgan fingerprint density at radius 2 is 1.18 bits per heavy atom. The number of halogens is 2. The van der Waals surface area contributed by atoms with Crippen molar-refractivity contribution in [3.05, 3.63) is 81.4 Å². The van der Waals surface area contributed by atoms with E-state index < -0.39 is 11.2 Å². The maximum absolute atomic E-state index is 12.8. The van der Waals surface area contributed by atoms with Crippen LogP contribution in [0.15, 0.2) is 48.5 Å². The van der Waals surface area contributed by atoms with Gasteiger partial charge in [-0.3, -0.25) is 9.80 Å². The molecule has 2 saturated heterocycles. The monoisotopic (exact) mass is 800 g/mol. The number of nitrogens with one attached hydrogen (secondary N) is 1. The van der Waals surface area contributed by atoms with Crippen molar-refractivity contribution >= 4 is 35.4 Å². The van der Waals surface area contributed by atoms with Crippen LogP contribution in [-0.4, -0.2) is 125 Å². The Labute approximate surface area is 331 Å². The summed E-state index contributed by atoms with van der Waals surface area (Å²) in [6, 6.07) is 15.0. The summed E-state index contributed by atoms with van der Waals surface area (Å²) in [6.07, 6.45) is 1.17. The molecule has 0 spiro atoms. The number of aryl methyl sites for hydroxylation is 1. The molecule has 18 heteroatoms. The van der Waals surface area contributed by atoms with E-state index in [0.717, 1.165) is 11.1 Å². The Bertz CT molecular complexity index is 1810. The first kappa shape index (κ1) is 41.8. The molecule has 0 bridgehead atoms. The minimum absolute atomic E-state index is 0.123. The van der Waals surface area contributed by atoms with Crippen LogP contribution >= 0.6 is 23.2 Å². The second-order valence-electron chi connectivity index (χ2n) is 15.6. The number of aromatic nitrogens is 8. The molecular formula is C37H50Cl2N10O6. The normalized spacial score (nSPS) is 20.4. The Kier molecular flexibility index (Phi) is 14.1. The molecule has 0 aliphatic carbocycles. The molecule has 4 atom stereocenters. The summed E-state index contributed by atoms with van der Waals surface area (Å²) in [6.45, 7) is 12.8. The molecule has 16 nitrogen and oxygen atoms in total. The highest BCUT2D eigenvalue weighted by Crippen LogP contribution is 2.24. The smallest absolute Gasteiger partial charge is 0.410 e. The zero-order valence-corrected chi connectivity index (χ0v) is 33.8. The summed E-state index contributed by atoms with van der Waals surface area (Å²) in [4.78, 5) is 30.6. The van der Waals surface area contributed by atoms with E-state index in [1.807, 2.05) is 90.1 Å². The van der Waals surface area contributed by atoms with Crippen molar-refractivity contribution in [1.29, 1.82) is 0 Å². The Morgan fingerprint density at radius 3 is 1.56 bits per heavy atom. The van der Waals surface area contributed by atoms with Gasteiger partial charge in [-0.05, 0) is 95.0 Å². The average Bonchev–Trinajstić information content (AvgIpc) is 3.78. The van der Waals surface area contributed by atoms with E-state index in [4.69, 9.17) is 42.1 Å². The number of tetrazole rings is 2. The largest absolute Gasteiger partial charge is 0.444 e. The Hall–Kier alpha value is -4.38. The molecule has 0 radical (unpaired) electrons. The number of hydrogen-bond donors (Lipinski definition) is 1. The first-order valence-corrected chi connectivity index (χ1v) is 18.9. The van der Waals surface area contributed by atoms with Gasteiger partial charge in [0.25, 0.3) is 0 Å². The lowest BCUT2D eigenvalue weighted by molar-refractivity contribution is -0.0695. The number of benzene rings is 2. The minimum atomic E-state index is -0.567. The van der Waals surface area contributed by atoms with Crippen molar-refractivity contribution in [3.63, 3.8) is 0 Å². The van der Waals surface area contributed by atoms with Crippen LogP contribution in [0.25, 0.3) is 0 Å². The first-order valence-electron chi connectivity index (χ1n) is 18.2. The number of morpholine rings is 2. The molecule has 55 heavy (non-hydrogen) atoms. The van der Waals surface area contributed by atoms with Crippen LogP contribution in [-0.2, 0) is 51.7 Å². The van der Waals surface area contributed by atoms with Crippen LogP contribution in [0.2, 0.25) is 10.0 Å². The molecule has 6 rings (SSSR count). The molecule has 2 aliphatic rings. The van der Waals surface area contributed by atoms with E-state index in [-0.39, 0.29) is 36.5 Å². The van der Waals surface area contributed by atoms with E-state index in [9.17, 15) is 9.59 Å². The zero-order valence-electron chi connectivity index (χ0n) is 32.3. The van der Waals surface area contributed by atoms with Crippen LogP contribution in [0.3, 0.4) is 0 Å². The van der Waals surface area contributed by atoms with Crippen LogP contribution in [0, 0.1) is 0 Å². The predicted molar refractivity (Wildman–Crippen MR) is 204 cm³/mol. The number of ether oxygens (including phenoxy) is 4. The maximum Gasteiger partial charge on any atom is 0.410 e. The van der Waals surface area contributed by atoms with Crippen molar-refractivity contribution in [3.8, 4) is 0 Å². The van der Waals surface area contributed by atoms with Gasteiger partial charge < -0.3 is 18.9 Å². The lowest BCUT2D eigenvalue weighted by Crippen LogP contribution is -2.54. The number of rotatable bonds is 8. The number of carbonyl (C=O) groups excluding carboxylic acids is 2. The van der Waals surface area contributed by atoms with Crippen molar-refractivity contribution in [2.75, 3.05) is 26.3 Å². The highest BCUT2D eigenvalue weighted by molar-refractivity contribution is 6.30. The summed E-state index contributed by atoms with van der Waals surface area (Å²) in [5.41, 5.74) is 1.03. The van der Waals surface area contributed by atoms with Gasteiger partial charge >= 0.3 is 12.2 Å². The molecule has 4 heterocycles. The third-order valence-electron chi connectivity index (χ3n) is 8.52. The molecule has 2 aromatic heterocycles. The summed E-state index contributed by atoms with van der Waals surface area (Å²) < 4.78 is 23.2. The molecular weight excluding hydrogens is 751 g/mol. The number of nitrogens with zero attached hydrogens (tertiary/aromatic N) is 9. The SMILES string of the molecule is CC(C)(C)OC(=O)N1C[C@H](Cc2nn[nH]n2)OC[C@@H]1Cc1ccc(Cl)cc1.Cn1nnc(C[C@H]2CN(C(=O)OC(C)(C)C)[C@@H](Cc3ccc(Cl)cc3)CO2)n1. The lowest BCUT2D eigenvalue weighted by atomic mass is 10.0. The number of amides is 2. The van der Waals surface area contributed by atoms with Crippen LogP contribution in [0.4, 0.5) is 9.59 Å². The first-order chi connectivity index (χ1) is 26.0. The van der Waals surface area contributed by atoms with Crippen molar-refractivity contribution in [1.82, 2.24) is 50.6 Å². The van der Waals surface area contributed by atoms with Gasteiger partial charge in [0.15, 0.2) is 11.6 Å². The van der Waals surface area contributed by atoms with E-state index in [1.54, 1.807) is 16.8 Å². The molecule has 0 unspecified atom stereocenters. The van der Waals surface area contributed by atoms with Gasteiger partial charge in [0.05, 0.1) is 57.6 Å². The fourth-order valence-corrected chi connectivity index (χ4v) is 6.31. The summed E-state index contributed by atoms with van der Waals surface area (Å²) >= 11 is 11.9. The van der Waals surface area contributed by atoms with E-state index in [0.29, 0.717) is 73.7 Å². The molecule has 1 N–H and O–H groups in total. The Morgan fingerprint density at radius 1 is 0.727 bits per heavy atom. The van der Waals surface area contributed by atoms with Crippen molar-refractivity contribution < 1.29 is 28.5 Å². The van der Waals surface area contributed by atoms with Crippen LogP contribution in [0.5, 0.6) is 0 Å². The van der Waals surface area contributed by atoms with E-state index >= 15 is 0 Å². The summed E-state index contributed by atoms with van der Waals surface area (Å²) in [7, 11) is 1.72. The molecule has 2 aromatic carbocycles. The van der Waals surface area contributed by atoms with Gasteiger partial charge in [0, 0.05) is 22.9 Å². The number of H-pyrrole nitrogens is 1. The van der Waals surface area contributed by atoms with Gasteiger partial charge in [0.1, 0.15) is 11.2 Å². The van der Waals surface area contributed by atoms with Crippen LogP contribution < -0.4 is 0 Å². The topological polar surface area (TPSA) is 176 Å². The highest BCUT2D eigenvalue weighted by atomic mass is 35.5. The van der Waals surface area contributed by atoms with Gasteiger partial charge in [-0.15, -0.1) is 20.4 Å². The minimum Gasteiger partial charge on any atom is -0.444 e. The van der Waals surface area contributed by atoms with E-state index in [2.05, 4.69) is 36.0 Å². The zero-order chi connectivity index (χ0) is 39.8. The second kappa shape index (κ2) is 18.5. The van der Waals surface area contributed by atoms with Gasteiger partial charge in [-0.1, -0.05) is 52.7 Å². The molecule has 298 valence electrons. The standard InChI is InChI=1S/C19H26ClN5O3.C18H24ClN5O3/c1-19(2,3)28-18(26)25-11-16(10-17-21-23-24(4)22-17)27-12-15(25)9-13-5-7-14(20)8-6-13;1-18(2,3)27-17(25)24-10-15(9-16-20-22-23-21-16)26-11-14(24)8-12-4-6-13(19)7-5-12/h5-8,15-16H,9-12H2,1-4H3;4-7,14-15H,8-11H2,1-3H3,(H,20,21,22,23)/t15-,16-;14-,15-/m00/s1. The van der Waals surface area contributed by atoms with Gasteiger partial charge in [0.2, 0.25) is 0 Å². The fourth-order valence-electron chi connectivity index (χ4n) is 6.06. The third-order valence-corrected chi connectivity index (χ3v) is 9.02. The van der Waals surface area contributed by atoms with E-state index in [1.165, 1.54) is 4.80 Å². The molecule has 0 saturated carbocycles. The fraction of sp³-hybridized carbons (Fsp3) is 0.568. The van der Waals surface area contributed by atoms with Gasteiger partial charge in [-0.25, -0.2) is 9.59 Å². The van der Waals surface area contributed by atoms with Gasteiger partial charge in [-0.2, -0.15) is 10.0 Å². The average molecular weight is 802 g/mol. The highest BCUT2D eigenvalue weighted by Gasteiger charge is 2.37. The number of hydrogen-bond acceptors (Lipinski definition) is 12. The molecule has 2 amide bonds. The lowest BCUT2D eigenvalue weighted by Gasteiger charge is -2.40. The van der Waals surface area contributed by atoms with Crippen molar-refractivity contribution in [2.45, 2.75) is 103 Å². The second-order valence-corrected chi connectivity index (χ2v) is 16.4. The number of carbonyl (C=O) groups is 2.